The van der Waals surface area contributed by atoms with Gasteiger partial charge in [0.2, 0.25) is 0 Å². The van der Waals surface area contributed by atoms with Gasteiger partial charge in [-0.05, 0) is 38.8 Å². The average Bonchev–Trinajstić information content (AvgIpc) is 2.19. The van der Waals surface area contributed by atoms with Crippen molar-refractivity contribution in [1.29, 1.82) is 0 Å². The van der Waals surface area contributed by atoms with Crippen LogP contribution in [0.15, 0.2) is 0 Å². The predicted molar refractivity (Wildman–Crippen MR) is 64.4 cm³/mol. The lowest BCUT2D eigenvalue weighted by Crippen LogP contribution is -2.32. The number of unbranched alkanes of at least 4 members (excludes halogenated alkanes) is 1. The van der Waals surface area contributed by atoms with E-state index in [9.17, 15) is 0 Å². The van der Waals surface area contributed by atoms with Gasteiger partial charge in [-0.25, -0.2) is 0 Å². The number of rotatable bonds is 9. The lowest BCUT2D eigenvalue weighted by Gasteiger charge is -2.19. The molecule has 3 N–H and O–H groups in total. The largest absolute Gasteiger partial charge is 0.330 e. The summed E-state index contributed by atoms with van der Waals surface area (Å²) in [5.74, 6) is 0.857. The van der Waals surface area contributed by atoms with Crippen LogP contribution in [0, 0.1) is 5.92 Å². The summed E-state index contributed by atoms with van der Waals surface area (Å²) in [5, 5.41) is 3.56. The highest BCUT2D eigenvalue weighted by atomic mass is 14.9. The van der Waals surface area contributed by atoms with Crippen molar-refractivity contribution in [2.45, 2.75) is 58.9 Å². The van der Waals surface area contributed by atoms with Crippen LogP contribution in [0.2, 0.25) is 0 Å². The molecular formula is C12H28N2. The van der Waals surface area contributed by atoms with Crippen LogP contribution in [-0.2, 0) is 0 Å². The SMILES string of the molecule is CCCCC(CC)CNC(C)CCN. The first kappa shape index (κ1) is 13.9. The van der Waals surface area contributed by atoms with Crippen LogP contribution >= 0.6 is 0 Å². The number of hydrogen-bond acceptors (Lipinski definition) is 2. The number of nitrogens with one attached hydrogen (secondary N) is 1. The third-order valence-electron chi connectivity index (χ3n) is 2.90. The zero-order chi connectivity index (χ0) is 10.8. The summed E-state index contributed by atoms with van der Waals surface area (Å²) in [6.07, 6.45) is 6.43. The normalized spacial score (nSPS) is 15.4. The van der Waals surface area contributed by atoms with Crippen LogP contribution in [0.1, 0.15) is 52.9 Å². The molecule has 0 aliphatic carbocycles. The smallest absolute Gasteiger partial charge is 0.00508 e. The van der Waals surface area contributed by atoms with Crippen LogP contribution < -0.4 is 11.1 Å². The molecule has 0 aliphatic rings. The lowest BCUT2D eigenvalue weighted by molar-refractivity contribution is 0.389. The van der Waals surface area contributed by atoms with Crippen LogP contribution in [0.4, 0.5) is 0 Å². The summed E-state index contributed by atoms with van der Waals surface area (Å²) in [7, 11) is 0. The Balaban J connectivity index is 3.50. The summed E-state index contributed by atoms with van der Waals surface area (Å²) in [5.41, 5.74) is 5.51. The molecule has 0 saturated heterocycles. The van der Waals surface area contributed by atoms with E-state index in [1.54, 1.807) is 0 Å². The van der Waals surface area contributed by atoms with Gasteiger partial charge < -0.3 is 11.1 Å². The van der Waals surface area contributed by atoms with E-state index in [0.29, 0.717) is 6.04 Å². The quantitative estimate of drug-likeness (QED) is 0.600. The van der Waals surface area contributed by atoms with E-state index in [4.69, 9.17) is 5.73 Å². The summed E-state index contributed by atoms with van der Waals surface area (Å²) < 4.78 is 0. The number of hydrogen-bond donors (Lipinski definition) is 2. The topological polar surface area (TPSA) is 38.0 Å². The zero-order valence-corrected chi connectivity index (χ0v) is 10.2. The summed E-state index contributed by atoms with van der Waals surface area (Å²) in [6.45, 7) is 8.73. The third kappa shape index (κ3) is 7.34. The Kier molecular flexibility index (Phi) is 9.42. The Morgan fingerprint density at radius 3 is 2.43 bits per heavy atom. The van der Waals surface area contributed by atoms with Crippen molar-refractivity contribution in [2.24, 2.45) is 11.7 Å². The van der Waals surface area contributed by atoms with Gasteiger partial charge in [0, 0.05) is 6.04 Å². The highest BCUT2D eigenvalue weighted by Crippen LogP contribution is 2.11. The second-order valence-corrected chi connectivity index (χ2v) is 4.30. The van der Waals surface area contributed by atoms with E-state index in [2.05, 4.69) is 26.1 Å². The molecule has 0 saturated carbocycles. The van der Waals surface area contributed by atoms with Crippen molar-refractivity contribution >= 4 is 0 Å². The van der Waals surface area contributed by atoms with Crippen LogP contribution in [0.3, 0.4) is 0 Å². The molecule has 0 amide bonds. The Bertz CT molecular complexity index is 115. The molecule has 0 rings (SSSR count). The maximum atomic E-state index is 5.51. The standard InChI is InChI=1S/C12H28N2/c1-4-6-7-12(5-2)10-14-11(3)8-9-13/h11-12,14H,4-10,13H2,1-3H3. The molecule has 2 unspecified atom stereocenters. The second-order valence-electron chi connectivity index (χ2n) is 4.30. The van der Waals surface area contributed by atoms with Crippen molar-refractivity contribution in [2.75, 3.05) is 13.1 Å². The molecule has 0 spiro atoms. The van der Waals surface area contributed by atoms with Gasteiger partial charge in [0.15, 0.2) is 0 Å². The van der Waals surface area contributed by atoms with E-state index in [1.807, 2.05) is 0 Å². The fourth-order valence-corrected chi connectivity index (χ4v) is 1.66. The van der Waals surface area contributed by atoms with Crippen molar-refractivity contribution in [3.63, 3.8) is 0 Å². The van der Waals surface area contributed by atoms with Crippen molar-refractivity contribution in [1.82, 2.24) is 5.32 Å². The fourth-order valence-electron chi connectivity index (χ4n) is 1.66. The molecule has 0 aromatic carbocycles. The van der Waals surface area contributed by atoms with Gasteiger partial charge in [-0.1, -0.05) is 33.1 Å². The van der Waals surface area contributed by atoms with Gasteiger partial charge in [-0.3, -0.25) is 0 Å². The molecule has 0 radical (unpaired) electrons. The molecule has 0 aliphatic heterocycles. The molecule has 0 aromatic heterocycles. The first-order chi connectivity index (χ1) is 6.74. The van der Waals surface area contributed by atoms with E-state index in [1.165, 1.54) is 25.7 Å². The third-order valence-corrected chi connectivity index (χ3v) is 2.90. The maximum absolute atomic E-state index is 5.51. The van der Waals surface area contributed by atoms with E-state index in [0.717, 1.165) is 25.4 Å². The molecule has 0 fully saturated rings. The molecule has 0 bridgehead atoms. The Hall–Kier alpha value is -0.0800. The van der Waals surface area contributed by atoms with Crippen LogP contribution in [0.5, 0.6) is 0 Å². The molecular weight excluding hydrogens is 172 g/mol. The molecule has 14 heavy (non-hydrogen) atoms. The molecule has 2 atom stereocenters. The minimum absolute atomic E-state index is 0.579. The van der Waals surface area contributed by atoms with Crippen molar-refractivity contribution < 1.29 is 0 Å². The number of nitrogens with two attached hydrogens (primary N) is 1. The molecule has 0 heterocycles. The fraction of sp³-hybridized carbons (Fsp3) is 1.00. The Morgan fingerprint density at radius 1 is 1.21 bits per heavy atom. The molecule has 2 heteroatoms. The van der Waals surface area contributed by atoms with Gasteiger partial charge in [0.1, 0.15) is 0 Å². The average molecular weight is 200 g/mol. The summed E-state index contributed by atoms with van der Waals surface area (Å²) in [6, 6.07) is 0.579. The van der Waals surface area contributed by atoms with Crippen LogP contribution in [0.25, 0.3) is 0 Å². The van der Waals surface area contributed by atoms with Gasteiger partial charge in [-0.15, -0.1) is 0 Å². The van der Waals surface area contributed by atoms with Gasteiger partial charge >= 0.3 is 0 Å². The minimum atomic E-state index is 0.579. The van der Waals surface area contributed by atoms with E-state index >= 15 is 0 Å². The van der Waals surface area contributed by atoms with Gasteiger partial charge in [0.05, 0.1) is 0 Å². The Morgan fingerprint density at radius 2 is 1.93 bits per heavy atom. The first-order valence-electron chi connectivity index (χ1n) is 6.18. The minimum Gasteiger partial charge on any atom is -0.330 e. The van der Waals surface area contributed by atoms with Crippen molar-refractivity contribution in [3.05, 3.63) is 0 Å². The Labute approximate surface area is 89.6 Å². The monoisotopic (exact) mass is 200 g/mol. The summed E-state index contributed by atoms with van der Waals surface area (Å²) in [4.78, 5) is 0. The molecule has 86 valence electrons. The van der Waals surface area contributed by atoms with Crippen molar-refractivity contribution in [3.8, 4) is 0 Å². The highest BCUT2D eigenvalue weighted by Gasteiger charge is 2.07. The summed E-state index contributed by atoms with van der Waals surface area (Å²) >= 11 is 0. The first-order valence-corrected chi connectivity index (χ1v) is 6.18. The zero-order valence-electron chi connectivity index (χ0n) is 10.2. The lowest BCUT2D eigenvalue weighted by atomic mass is 9.99. The molecule has 2 nitrogen and oxygen atoms in total. The van der Waals surface area contributed by atoms with E-state index < -0.39 is 0 Å². The maximum Gasteiger partial charge on any atom is 0.00508 e. The second kappa shape index (κ2) is 9.47. The van der Waals surface area contributed by atoms with Crippen LogP contribution in [-0.4, -0.2) is 19.1 Å². The highest BCUT2D eigenvalue weighted by molar-refractivity contribution is 4.66. The predicted octanol–water partition coefficient (Wildman–Crippen LogP) is 2.53. The van der Waals surface area contributed by atoms with Gasteiger partial charge in [0.25, 0.3) is 0 Å². The van der Waals surface area contributed by atoms with Gasteiger partial charge in [-0.2, -0.15) is 0 Å². The van der Waals surface area contributed by atoms with E-state index in [-0.39, 0.29) is 0 Å². The molecule has 0 aromatic rings.